The largest absolute Gasteiger partial charge is 0.399 e. The fourth-order valence-corrected chi connectivity index (χ4v) is 2.36. The molecule has 2 aromatic rings. The van der Waals surface area contributed by atoms with Crippen LogP contribution in [0.4, 0.5) is 5.69 Å². The highest BCUT2D eigenvalue weighted by molar-refractivity contribution is 7.99. The molecule has 3 nitrogen and oxygen atoms in total. The van der Waals surface area contributed by atoms with Gasteiger partial charge in [0.25, 0.3) is 0 Å². The summed E-state index contributed by atoms with van der Waals surface area (Å²) in [6, 6.07) is 10.1. The first-order chi connectivity index (χ1) is 7.75. The molecule has 1 aromatic carbocycles. The molecule has 0 fully saturated rings. The number of aromatic nitrogens is 2. The molecule has 16 heavy (non-hydrogen) atoms. The summed E-state index contributed by atoms with van der Waals surface area (Å²) in [6.45, 7) is 0. The zero-order chi connectivity index (χ0) is 11.4. The highest BCUT2D eigenvalue weighted by atomic mass is 32.2. The molecular formula is C12H15N3S. The molecular weight excluding hydrogens is 218 g/mol. The Morgan fingerprint density at radius 1 is 1.25 bits per heavy atom. The minimum atomic E-state index is 0.816. The van der Waals surface area contributed by atoms with Crippen molar-refractivity contribution in [2.45, 2.75) is 11.3 Å². The van der Waals surface area contributed by atoms with Crippen LogP contribution in [-0.2, 0) is 13.5 Å². The normalized spacial score (nSPS) is 10.6. The molecule has 84 valence electrons. The quantitative estimate of drug-likeness (QED) is 0.651. The lowest BCUT2D eigenvalue weighted by Gasteiger charge is -2.03. The van der Waals surface area contributed by atoms with Crippen LogP contribution < -0.4 is 5.73 Å². The third kappa shape index (κ3) is 2.79. The summed E-state index contributed by atoms with van der Waals surface area (Å²) < 4.78 is 1.92. The molecule has 0 saturated carbocycles. The number of hydrogen-bond acceptors (Lipinski definition) is 3. The van der Waals surface area contributed by atoms with Gasteiger partial charge in [-0.15, -0.1) is 11.8 Å². The first-order valence-corrected chi connectivity index (χ1v) is 6.19. The highest BCUT2D eigenvalue weighted by Gasteiger charge is 1.99. The average Bonchev–Trinajstić information content (AvgIpc) is 2.68. The van der Waals surface area contributed by atoms with Crippen LogP contribution in [0, 0.1) is 0 Å². The van der Waals surface area contributed by atoms with Crippen molar-refractivity contribution in [1.82, 2.24) is 9.78 Å². The lowest BCUT2D eigenvalue weighted by molar-refractivity contribution is 0.720. The van der Waals surface area contributed by atoms with Gasteiger partial charge in [-0.1, -0.05) is 0 Å². The SMILES string of the molecule is Cn1nccc1CCSc1ccc(N)cc1. The first kappa shape index (κ1) is 11.1. The van der Waals surface area contributed by atoms with E-state index in [2.05, 4.69) is 23.3 Å². The molecule has 4 heteroatoms. The Balaban J connectivity index is 1.84. The number of nitrogen functional groups attached to an aromatic ring is 1. The van der Waals surface area contributed by atoms with Gasteiger partial charge in [0, 0.05) is 35.3 Å². The average molecular weight is 233 g/mol. The van der Waals surface area contributed by atoms with Gasteiger partial charge in [0.05, 0.1) is 0 Å². The number of anilines is 1. The second kappa shape index (κ2) is 5.07. The van der Waals surface area contributed by atoms with Gasteiger partial charge in [0.2, 0.25) is 0 Å². The van der Waals surface area contributed by atoms with Crippen LogP contribution in [0.25, 0.3) is 0 Å². The zero-order valence-electron chi connectivity index (χ0n) is 9.26. The third-order valence-corrected chi connectivity index (χ3v) is 3.44. The van der Waals surface area contributed by atoms with Crippen molar-refractivity contribution >= 4 is 17.4 Å². The summed E-state index contributed by atoms with van der Waals surface area (Å²) in [7, 11) is 1.98. The smallest absolute Gasteiger partial charge is 0.0492 e. The number of hydrogen-bond donors (Lipinski definition) is 1. The van der Waals surface area contributed by atoms with Crippen LogP contribution in [0.5, 0.6) is 0 Å². The molecule has 0 aliphatic heterocycles. The number of thioether (sulfide) groups is 1. The molecule has 0 atom stereocenters. The molecule has 1 heterocycles. The molecule has 2 rings (SSSR count). The van der Waals surface area contributed by atoms with Crippen molar-refractivity contribution in [3.63, 3.8) is 0 Å². The van der Waals surface area contributed by atoms with Crippen LogP contribution in [0.1, 0.15) is 5.69 Å². The minimum absolute atomic E-state index is 0.816. The number of benzene rings is 1. The van der Waals surface area contributed by atoms with Gasteiger partial charge in [-0.05, 0) is 36.8 Å². The van der Waals surface area contributed by atoms with Crippen LogP contribution in [0.15, 0.2) is 41.4 Å². The predicted octanol–water partition coefficient (Wildman–Crippen LogP) is 2.34. The van der Waals surface area contributed by atoms with Crippen molar-refractivity contribution < 1.29 is 0 Å². The Kier molecular flexibility index (Phi) is 3.51. The summed E-state index contributed by atoms with van der Waals surface area (Å²) in [6.07, 6.45) is 2.87. The predicted molar refractivity (Wildman–Crippen MR) is 68.5 cm³/mol. The Labute approximate surface area is 99.7 Å². The van der Waals surface area contributed by atoms with Gasteiger partial charge in [0.15, 0.2) is 0 Å². The molecule has 0 amide bonds. The fraction of sp³-hybridized carbons (Fsp3) is 0.250. The van der Waals surface area contributed by atoms with Crippen LogP contribution in [0.2, 0.25) is 0 Å². The monoisotopic (exact) mass is 233 g/mol. The third-order valence-electron chi connectivity index (χ3n) is 2.43. The fourth-order valence-electron chi connectivity index (χ4n) is 1.48. The van der Waals surface area contributed by atoms with E-state index < -0.39 is 0 Å². The molecule has 0 saturated heterocycles. The first-order valence-electron chi connectivity index (χ1n) is 5.21. The second-order valence-electron chi connectivity index (χ2n) is 3.61. The minimum Gasteiger partial charge on any atom is -0.399 e. The van der Waals surface area contributed by atoms with E-state index in [1.54, 1.807) is 0 Å². The van der Waals surface area contributed by atoms with Crippen molar-refractivity contribution in [2.75, 3.05) is 11.5 Å². The van der Waals surface area contributed by atoms with Crippen molar-refractivity contribution in [1.29, 1.82) is 0 Å². The molecule has 0 bridgehead atoms. The summed E-state index contributed by atoms with van der Waals surface area (Å²) in [5, 5.41) is 4.14. The molecule has 0 radical (unpaired) electrons. The molecule has 0 aliphatic rings. The van der Waals surface area contributed by atoms with Crippen molar-refractivity contribution in [3.8, 4) is 0 Å². The van der Waals surface area contributed by atoms with Crippen LogP contribution >= 0.6 is 11.8 Å². The number of aryl methyl sites for hydroxylation is 2. The molecule has 1 aromatic heterocycles. The molecule has 0 aliphatic carbocycles. The van der Waals surface area contributed by atoms with Gasteiger partial charge in [-0.2, -0.15) is 5.10 Å². The Morgan fingerprint density at radius 2 is 2.00 bits per heavy atom. The number of rotatable bonds is 4. The van der Waals surface area contributed by atoms with E-state index in [1.165, 1.54) is 10.6 Å². The Morgan fingerprint density at radius 3 is 2.62 bits per heavy atom. The Bertz CT molecular complexity index is 448. The maximum Gasteiger partial charge on any atom is 0.0492 e. The molecule has 0 spiro atoms. The summed E-state index contributed by atoms with van der Waals surface area (Å²) >= 11 is 1.84. The summed E-state index contributed by atoms with van der Waals surface area (Å²) in [4.78, 5) is 1.26. The van der Waals surface area contributed by atoms with E-state index >= 15 is 0 Å². The lowest BCUT2D eigenvalue weighted by atomic mass is 10.3. The van der Waals surface area contributed by atoms with E-state index in [0.29, 0.717) is 0 Å². The molecule has 2 N–H and O–H groups in total. The van der Waals surface area contributed by atoms with Crippen molar-refractivity contribution in [3.05, 3.63) is 42.2 Å². The maximum atomic E-state index is 5.63. The van der Waals surface area contributed by atoms with E-state index in [0.717, 1.165) is 17.9 Å². The van der Waals surface area contributed by atoms with E-state index in [-0.39, 0.29) is 0 Å². The summed E-state index contributed by atoms with van der Waals surface area (Å²) in [5.41, 5.74) is 7.71. The molecule has 0 unspecified atom stereocenters. The van der Waals surface area contributed by atoms with Gasteiger partial charge in [0.1, 0.15) is 0 Å². The maximum absolute atomic E-state index is 5.63. The number of nitrogens with two attached hydrogens (primary N) is 1. The summed E-state index contributed by atoms with van der Waals surface area (Å²) in [5.74, 6) is 1.06. The second-order valence-corrected chi connectivity index (χ2v) is 4.78. The zero-order valence-corrected chi connectivity index (χ0v) is 10.1. The van der Waals surface area contributed by atoms with E-state index in [9.17, 15) is 0 Å². The van der Waals surface area contributed by atoms with Gasteiger partial charge < -0.3 is 5.73 Å². The van der Waals surface area contributed by atoms with Crippen LogP contribution in [-0.4, -0.2) is 15.5 Å². The van der Waals surface area contributed by atoms with Crippen LogP contribution in [0.3, 0.4) is 0 Å². The highest BCUT2D eigenvalue weighted by Crippen LogP contribution is 2.20. The van der Waals surface area contributed by atoms with Gasteiger partial charge >= 0.3 is 0 Å². The topological polar surface area (TPSA) is 43.8 Å². The van der Waals surface area contributed by atoms with Gasteiger partial charge in [-0.3, -0.25) is 4.68 Å². The van der Waals surface area contributed by atoms with Gasteiger partial charge in [-0.25, -0.2) is 0 Å². The van der Waals surface area contributed by atoms with E-state index in [1.807, 2.05) is 41.8 Å². The lowest BCUT2D eigenvalue weighted by Crippen LogP contribution is -1.99. The van der Waals surface area contributed by atoms with E-state index in [4.69, 9.17) is 5.73 Å². The van der Waals surface area contributed by atoms with Crippen molar-refractivity contribution in [2.24, 2.45) is 7.05 Å². The standard InChI is InChI=1S/C12H15N3S/c1-15-11(6-8-14-15)7-9-16-12-4-2-10(13)3-5-12/h2-6,8H,7,9,13H2,1H3. The Hall–Kier alpha value is -1.42. The number of nitrogens with zero attached hydrogens (tertiary/aromatic N) is 2.